The van der Waals surface area contributed by atoms with Gasteiger partial charge in [-0.05, 0) is 47.6 Å². The minimum atomic E-state index is -0.876. The van der Waals surface area contributed by atoms with E-state index in [0.717, 1.165) is 53.6 Å². The van der Waals surface area contributed by atoms with E-state index in [-0.39, 0.29) is 17.7 Å². The Bertz CT molecular complexity index is 1700. The number of carbonyl (C=O) groups excluding carboxylic acids is 2. The number of amides is 2. The Morgan fingerprint density at radius 3 is 2.02 bits per heavy atom. The first kappa shape index (κ1) is 29.1. The number of aromatic amines is 1. The first-order chi connectivity index (χ1) is 22.1. The van der Waals surface area contributed by atoms with Gasteiger partial charge >= 0.3 is 0 Å². The number of aromatic nitrogens is 1. The highest BCUT2D eigenvalue weighted by Crippen LogP contribution is 2.37. The molecule has 1 spiro atoms. The molecule has 7 rings (SSSR count). The Kier molecular flexibility index (Phi) is 8.23. The second kappa shape index (κ2) is 12.7. The highest BCUT2D eigenvalue weighted by molar-refractivity contribution is 6.00. The first-order valence-corrected chi connectivity index (χ1v) is 16.1. The minimum absolute atomic E-state index is 0.00878. The highest BCUT2D eigenvalue weighted by Gasteiger charge is 2.54. The molecule has 5 aromatic rings. The molecule has 6 heteroatoms. The predicted molar refractivity (Wildman–Crippen MR) is 179 cm³/mol. The van der Waals surface area contributed by atoms with Gasteiger partial charge in [0.2, 0.25) is 11.8 Å². The van der Waals surface area contributed by atoms with Gasteiger partial charge in [-0.15, -0.1) is 0 Å². The average molecular weight is 597 g/mol. The molecular weight excluding hydrogens is 556 g/mol. The van der Waals surface area contributed by atoms with Gasteiger partial charge in [0.05, 0.1) is 0 Å². The van der Waals surface area contributed by atoms with Crippen molar-refractivity contribution in [1.29, 1.82) is 0 Å². The van der Waals surface area contributed by atoms with E-state index in [0.29, 0.717) is 25.8 Å². The summed E-state index contributed by atoms with van der Waals surface area (Å²) in [5, 5.41) is 4.31. The Morgan fingerprint density at radius 2 is 1.36 bits per heavy atom. The van der Waals surface area contributed by atoms with Crippen LogP contribution in [0.2, 0.25) is 0 Å². The van der Waals surface area contributed by atoms with Crippen LogP contribution in [0.1, 0.15) is 41.0 Å². The van der Waals surface area contributed by atoms with Gasteiger partial charge in [0.25, 0.3) is 0 Å². The monoisotopic (exact) mass is 596 g/mol. The quantitative estimate of drug-likeness (QED) is 0.221. The van der Waals surface area contributed by atoms with Gasteiger partial charge in [-0.2, -0.15) is 0 Å². The number of rotatable bonds is 9. The molecule has 0 bridgehead atoms. The number of hydrogen-bond acceptors (Lipinski definition) is 3. The summed E-state index contributed by atoms with van der Waals surface area (Å²) in [4.78, 5) is 36.8. The minimum Gasteiger partial charge on any atom is -0.361 e. The van der Waals surface area contributed by atoms with Gasteiger partial charge in [-0.1, -0.05) is 109 Å². The van der Waals surface area contributed by atoms with Gasteiger partial charge in [-0.25, -0.2) is 0 Å². The molecule has 4 aromatic carbocycles. The van der Waals surface area contributed by atoms with Crippen molar-refractivity contribution in [2.75, 3.05) is 26.2 Å². The molecule has 228 valence electrons. The van der Waals surface area contributed by atoms with Crippen molar-refractivity contribution in [3.63, 3.8) is 0 Å². The zero-order chi connectivity index (χ0) is 30.6. The number of H-pyrrole nitrogens is 1. The maximum atomic E-state index is 14.7. The molecule has 2 aliphatic rings. The second-order valence-electron chi connectivity index (χ2n) is 12.5. The molecule has 0 aliphatic carbocycles. The highest BCUT2D eigenvalue weighted by atomic mass is 16.2. The topological polar surface area (TPSA) is 68.4 Å². The molecule has 2 amide bonds. The predicted octanol–water partition coefficient (Wildman–Crippen LogP) is 5.95. The first-order valence-electron chi connectivity index (χ1n) is 16.1. The van der Waals surface area contributed by atoms with Crippen molar-refractivity contribution in [1.82, 2.24) is 20.1 Å². The summed E-state index contributed by atoms with van der Waals surface area (Å²) >= 11 is 0. The van der Waals surface area contributed by atoms with Crippen molar-refractivity contribution in [2.24, 2.45) is 0 Å². The van der Waals surface area contributed by atoms with E-state index in [9.17, 15) is 9.59 Å². The lowest BCUT2D eigenvalue weighted by Crippen LogP contribution is -2.73. The number of piperidine rings is 1. The van der Waals surface area contributed by atoms with E-state index < -0.39 is 11.6 Å². The van der Waals surface area contributed by atoms with Crippen LogP contribution >= 0.6 is 0 Å². The summed E-state index contributed by atoms with van der Waals surface area (Å²) in [7, 11) is 0. The molecule has 2 aliphatic heterocycles. The summed E-state index contributed by atoms with van der Waals surface area (Å²) in [6.07, 6.45) is 4.64. The fraction of sp³-hybridized carbons (Fsp3) is 0.282. The normalized spacial score (nSPS) is 18.5. The van der Waals surface area contributed by atoms with E-state index in [1.807, 2.05) is 47.5 Å². The van der Waals surface area contributed by atoms with E-state index in [4.69, 9.17) is 0 Å². The molecule has 1 unspecified atom stereocenters. The van der Waals surface area contributed by atoms with Crippen LogP contribution in [0.15, 0.2) is 121 Å². The van der Waals surface area contributed by atoms with Gasteiger partial charge in [0.15, 0.2) is 0 Å². The van der Waals surface area contributed by atoms with E-state index >= 15 is 0 Å². The number of piperazine rings is 1. The van der Waals surface area contributed by atoms with Gasteiger partial charge in [-0.3, -0.25) is 9.59 Å². The van der Waals surface area contributed by atoms with Gasteiger partial charge < -0.3 is 20.1 Å². The van der Waals surface area contributed by atoms with Crippen LogP contribution in [0.25, 0.3) is 10.9 Å². The summed E-state index contributed by atoms with van der Waals surface area (Å²) in [6.45, 7) is 2.95. The zero-order valence-corrected chi connectivity index (χ0v) is 25.6. The number of nitrogens with one attached hydrogen (secondary N) is 2. The number of carbonyl (C=O) groups is 2. The van der Waals surface area contributed by atoms with E-state index in [2.05, 4.69) is 94.1 Å². The van der Waals surface area contributed by atoms with Crippen molar-refractivity contribution < 1.29 is 9.59 Å². The summed E-state index contributed by atoms with van der Waals surface area (Å²) in [5.74, 6) is -0.0621. The van der Waals surface area contributed by atoms with Crippen molar-refractivity contribution in [3.8, 4) is 0 Å². The maximum absolute atomic E-state index is 14.7. The average Bonchev–Trinajstić information content (AvgIpc) is 3.51. The third kappa shape index (κ3) is 5.90. The third-order valence-corrected chi connectivity index (χ3v) is 9.92. The molecule has 6 nitrogen and oxygen atoms in total. The second-order valence-corrected chi connectivity index (χ2v) is 12.5. The summed E-state index contributed by atoms with van der Waals surface area (Å²) < 4.78 is 0. The molecule has 1 aromatic heterocycles. The number of para-hydroxylation sites is 1. The Morgan fingerprint density at radius 1 is 0.756 bits per heavy atom. The van der Waals surface area contributed by atoms with E-state index in [1.54, 1.807) is 0 Å². The molecular formula is C39H40N4O2. The maximum Gasteiger partial charge on any atom is 0.246 e. The molecule has 0 radical (unpaired) electrons. The van der Waals surface area contributed by atoms with Crippen LogP contribution in [0.4, 0.5) is 0 Å². The summed E-state index contributed by atoms with van der Waals surface area (Å²) in [5.41, 5.74) is 4.81. The van der Waals surface area contributed by atoms with Crippen molar-refractivity contribution >= 4 is 22.7 Å². The van der Waals surface area contributed by atoms with Crippen LogP contribution in [0.3, 0.4) is 0 Å². The number of fused-ring (bicyclic) bond motifs is 1. The molecule has 2 N–H and O–H groups in total. The Labute approximate surface area is 265 Å². The molecule has 1 atom stereocenters. The number of benzene rings is 4. The van der Waals surface area contributed by atoms with Crippen LogP contribution in [-0.2, 0) is 22.4 Å². The Balaban J connectivity index is 1.19. The van der Waals surface area contributed by atoms with Gasteiger partial charge in [0.1, 0.15) is 11.6 Å². The van der Waals surface area contributed by atoms with Crippen molar-refractivity contribution in [2.45, 2.75) is 43.2 Å². The van der Waals surface area contributed by atoms with E-state index in [1.165, 1.54) is 5.56 Å². The molecule has 0 saturated carbocycles. The van der Waals surface area contributed by atoms with Crippen LogP contribution in [-0.4, -0.2) is 64.4 Å². The largest absolute Gasteiger partial charge is 0.361 e. The lowest BCUT2D eigenvalue weighted by Gasteiger charge is -2.52. The SMILES string of the molecule is O=C1C(Cc2c[nH]c3ccccc23)NC(=O)C2(CCN(CCc3ccccc3)CC2)N1CC(c1ccccc1)c1ccccc1. The number of likely N-dealkylation sites (tertiary alicyclic amines) is 1. The fourth-order valence-corrected chi connectivity index (χ4v) is 7.33. The molecule has 3 heterocycles. The standard InChI is InChI=1S/C39H40N4O2/c44-37-36(26-32-27-40-35-19-11-10-18-33(32)35)41-38(45)39(21-24-42(25-22-39)23-20-29-12-4-1-5-13-29)43(37)28-34(30-14-6-2-7-15-30)31-16-8-3-9-17-31/h1-19,27,34,36,40H,20-26,28H2,(H,41,45). The summed E-state index contributed by atoms with van der Waals surface area (Å²) in [6, 6.07) is 38.8. The smallest absolute Gasteiger partial charge is 0.246 e. The molecule has 2 saturated heterocycles. The van der Waals surface area contributed by atoms with Crippen LogP contribution < -0.4 is 5.32 Å². The van der Waals surface area contributed by atoms with Crippen LogP contribution in [0, 0.1) is 0 Å². The fourth-order valence-electron chi connectivity index (χ4n) is 7.33. The van der Waals surface area contributed by atoms with Crippen LogP contribution in [0.5, 0.6) is 0 Å². The number of nitrogens with zero attached hydrogens (tertiary/aromatic N) is 2. The third-order valence-electron chi connectivity index (χ3n) is 9.92. The lowest BCUT2D eigenvalue weighted by atomic mass is 9.79. The van der Waals surface area contributed by atoms with Crippen molar-refractivity contribution in [3.05, 3.63) is 144 Å². The molecule has 2 fully saturated rings. The Hall–Kier alpha value is -4.68. The lowest BCUT2D eigenvalue weighted by molar-refractivity contribution is -0.161. The number of hydrogen-bond donors (Lipinski definition) is 2. The zero-order valence-electron chi connectivity index (χ0n) is 25.6. The molecule has 45 heavy (non-hydrogen) atoms. The van der Waals surface area contributed by atoms with Gasteiger partial charge in [0, 0.05) is 55.6 Å².